The summed E-state index contributed by atoms with van der Waals surface area (Å²) in [6.07, 6.45) is 1.85. The van der Waals surface area contributed by atoms with Crippen molar-refractivity contribution in [2.24, 2.45) is 0 Å². The first-order valence-corrected chi connectivity index (χ1v) is 7.21. The molecule has 3 rings (SSSR count). The molecule has 0 aliphatic carbocycles. The first-order valence-electron chi connectivity index (χ1n) is 6.33. The van der Waals surface area contributed by atoms with Crippen LogP contribution < -0.4 is 5.32 Å². The summed E-state index contributed by atoms with van der Waals surface area (Å²) >= 11 is 1.69. The lowest BCUT2D eigenvalue weighted by atomic mass is 10.1. The van der Waals surface area contributed by atoms with Crippen molar-refractivity contribution in [1.82, 2.24) is 10.2 Å². The van der Waals surface area contributed by atoms with Gasteiger partial charge in [0.15, 0.2) is 0 Å². The van der Waals surface area contributed by atoms with Crippen LogP contribution in [0.4, 0.5) is 5.69 Å². The highest BCUT2D eigenvalue weighted by Crippen LogP contribution is 2.27. The SMILES string of the molecule is Cc1cc(O)ccc1NCc1cn[nH]c1-c1cccs1. The normalized spacial score (nSPS) is 10.7. The molecule has 0 fully saturated rings. The van der Waals surface area contributed by atoms with E-state index in [1.165, 1.54) is 4.88 Å². The van der Waals surface area contributed by atoms with Gasteiger partial charge in [0.05, 0.1) is 16.8 Å². The summed E-state index contributed by atoms with van der Waals surface area (Å²) in [6.45, 7) is 2.66. The van der Waals surface area contributed by atoms with Crippen molar-refractivity contribution in [2.45, 2.75) is 13.5 Å². The van der Waals surface area contributed by atoms with Gasteiger partial charge < -0.3 is 10.4 Å². The lowest BCUT2D eigenvalue weighted by Gasteiger charge is -2.09. The van der Waals surface area contributed by atoms with E-state index in [0.29, 0.717) is 6.54 Å². The lowest BCUT2D eigenvalue weighted by molar-refractivity contribution is 0.475. The molecule has 0 saturated heterocycles. The first-order chi connectivity index (χ1) is 9.74. The molecule has 102 valence electrons. The Hall–Kier alpha value is -2.27. The fourth-order valence-electron chi connectivity index (χ4n) is 2.12. The van der Waals surface area contributed by atoms with Gasteiger partial charge in [-0.25, -0.2) is 0 Å². The maximum Gasteiger partial charge on any atom is 0.115 e. The van der Waals surface area contributed by atoms with E-state index in [2.05, 4.69) is 27.0 Å². The Balaban J connectivity index is 1.78. The number of benzene rings is 1. The van der Waals surface area contributed by atoms with E-state index >= 15 is 0 Å². The largest absolute Gasteiger partial charge is 0.508 e. The third-order valence-electron chi connectivity index (χ3n) is 3.16. The quantitative estimate of drug-likeness (QED) is 0.640. The number of hydrogen-bond donors (Lipinski definition) is 3. The monoisotopic (exact) mass is 285 g/mol. The number of H-pyrrole nitrogens is 1. The van der Waals surface area contributed by atoms with Gasteiger partial charge in [0.25, 0.3) is 0 Å². The molecule has 20 heavy (non-hydrogen) atoms. The van der Waals surface area contributed by atoms with Crippen LogP contribution in [-0.2, 0) is 6.54 Å². The average molecular weight is 285 g/mol. The third kappa shape index (κ3) is 2.53. The molecule has 5 heteroatoms. The van der Waals surface area contributed by atoms with Gasteiger partial charge in [0, 0.05) is 17.8 Å². The summed E-state index contributed by atoms with van der Waals surface area (Å²) in [7, 11) is 0. The molecule has 0 amide bonds. The Morgan fingerprint density at radius 2 is 2.25 bits per heavy atom. The molecule has 3 N–H and O–H groups in total. The van der Waals surface area contributed by atoms with Crippen molar-refractivity contribution in [2.75, 3.05) is 5.32 Å². The van der Waals surface area contributed by atoms with Gasteiger partial charge in [-0.3, -0.25) is 5.10 Å². The summed E-state index contributed by atoms with van der Waals surface area (Å²) in [5.74, 6) is 0.288. The minimum Gasteiger partial charge on any atom is -0.508 e. The molecular formula is C15H15N3OS. The number of thiophene rings is 1. The Labute approximate surface area is 121 Å². The predicted octanol–water partition coefficient (Wildman–Crippen LogP) is 3.76. The number of anilines is 1. The molecular weight excluding hydrogens is 270 g/mol. The summed E-state index contributed by atoms with van der Waals surface area (Å²) in [5.41, 5.74) is 4.22. The zero-order valence-corrected chi connectivity index (χ0v) is 11.9. The van der Waals surface area contributed by atoms with Crippen LogP contribution in [-0.4, -0.2) is 15.3 Å². The second-order valence-corrected chi connectivity index (χ2v) is 5.55. The number of rotatable bonds is 4. The van der Waals surface area contributed by atoms with Crippen molar-refractivity contribution < 1.29 is 5.11 Å². The van der Waals surface area contributed by atoms with Gasteiger partial charge in [-0.2, -0.15) is 5.10 Å². The van der Waals surface area contributed by atoms with Gasteiger partial charge in [0.1, 0.15) is 5.75 Å². The van der Waals surface area contributed by atoms with Crippen LogP contribution in [0.1, 0.15) is 11.1 Å². The summed E-state index contributed by atoms with van der Waals surface area (Å²) in [5, 5.41) is 22.0. The Kier molecular flexibility index (Phi) is 3.43. The van der Waals surface area contributed by atoms with Crippen molar-refractivity contribution in [3.63, 3.8) is 0 Å². The van der Waals surface area contributed by atoms with Crippen LogP contribution >= 0.6 is 11.3 Å². The molecule has 2 heterocycles. The van der Waals surface area contributed by atoms with Crippen LogP contribution in [0.3, 0.4) is 0 Å². The van der Waals surface area contributed by atoms with E-state index in [9.17, 15) is 5.11 Å². The summed E-state index contributed by atoms with van der Waals surface area (Å²) in [6, 6.07) is 9.42. The Bertz CT molecular complexity index is 704. The zero-order chi connectivity index (χ0) is 13.9. The predicted molar refractivity (Wildman–Crippen MR) is 82.1 cm³/mol. The van der Waals surface area contributed by atoms with Gasteiger partial charge in [0.2, 0.25) is 0 Å². The second-order valence-electron chi connectivity index (χ2n) is 4.60. The Morgan fingerprint density at radius 3 is 3.00 bits per heavy atom. The van der Waals surface area contributed by atoms with Crippen LogP contribution in [0.5, 0.6) is 5.75 Å². The zero-order valence-electron chi connectivity index (χ0n) is 11.1. The molecule has 4 nitrogen and oxygen atoms in total. The van der Waals surface area contributed by atoms with Crippen molar-refractivity contribution in [3.8, 4) is 16.3 Å². The molecule has 0 atom stereocenters. The number of nitrogens with zero attached hydrogens (tertiary/aromatic N) is 1. The van der Waals surface area contributed by atoms with Crippen molar-refractivity contribution in [1.29, 1.82) is 0 Å². The maximum absolute atomic E-state index is 9.42. The molecule has 0 bridgehead atoms. The molecule has 0 unspecified atom stereocenters. The van der Waals surface area contributed by atoms with E-state index in [1.54, 1.807) is 23.5 Å². The molecule has 0 saturated carbocycles. The molecule has 0 radical (unpaired) electrons. The number of aromatic nitrogens is 2. The van der Waals surface area contributed by atoms with Gasteiger partial charge in [-0.1, -0.05) is 6.07 Å². The fraction of sp³-hybridized carbons (Fsp3) is 0.133. The van der Waals surface area contributed by atoms with Gasteiger partial charge >= 0.3 is 0 Å². The Morgan fingerprint density at radius 1 is 1.35 bits per heavy atom. The minimum absolute atomic E-state index is 0.288. The molecule has 3 aromatic rings. The number of phenolic OH excluding ortho intramolecular Hbond substituents is 1. The molecule has 1 aromatic carbocycles. The number of aromatic amines is 1. The van der Waals surface area contributed by atoms with Gasteiger partial charge in [-0.15, -0.1) is 11.3 Å². The molecule has 2 aromatic heterocycles. The highest BCUT2D eigenvalue weighted by atomic mass is 32.1. The van der Waals surface area contributed by atoms with Gasteiger partial charge in [-0.05, 0) is 42.1 Å². The number of nitrogens with one attached hydrogen (secondary N) is 2. The number of hydrogen-bond acceptors (Lipinski definition) is 4. The molecule has 0 spiro atoms. The van der Waals surface area contributed by atoms with E-state index in [4.69, 9.17) is 0 Å². The smallest absolute Gasteiger partial charge is 0.115 e. The molecule has 0 aliphatic rings. The number of aryl methyl sites for hydroxylation is 1. The van der Waals surface area contributed by atoms with Crippen LogP contribution in [0.15, 0.2) is 41.9 Å². The average Bonchev–Trinajstić information content (AvgIpc) is 3.08. The van der Waals surface area contributed by atoms with Crippen LogP contribution in [0.25, 0.3) is 10.6 Å². The first kappa shape index (κ1) is 12.7. The fourth-order valence-corrected chi connectivity index (χ4v) is 2.87. The second kappa shape index (κ2) is 5.38. The van der Waals surface area contributed by atoms with E-state index in [1.807, 2.05) is 25.3 Å². The highest BCUT2D eigenvalue weighted by molar-refractivity contribution is 7.13. The topological polar surface area (TPSA) is 60.9 Å². The van der Waals surface area contributed by atoms with E-state index in [-0.39, 0.29) is 5.75 Å². The minimum atomic E-state index is 0.288. The van der Waals surface area contributed by atoms with Crippen LogP contribution in [0, 0.1) is 6.92 Å². The lowest BCUT2D eigenvalue weighted by Crippen LogP contribution is -2.01. The maximum atomic E-state index is 9.42. The third-order valence-corrected chi connectivity index (χ3v) is 4.05. The summed E-state index contributed by atoms with van der Waals surface area (Å²) in [4.78, 5) is 1.18. The highest BCUT2D eigenvalue weighted by Gasteiger charge is 2.08. The van der Waals surface area contributed by atoms with E-state index in [0.717, 1.165) is 22.5 Å². The van der Waals surface area contributed by atoms with Crippen molar-refractivity contribution in [3.05, 3.63) is 53.0 Å². The standard InChI is InChI=1S/C15H15N3OS/c1-10-7-12(19)4-5-13(10)16-8-11-9-17-18-15(11)14-3-2-6-20-14/h2-7,9,16,19H,8H2,1H3,(H,17,18). The van der Waals surface area contributed by atoms with Crippen LogP contribution in [0.2, 0.25) is 0 Å². The number of phenols is 1. The number of aromatic hydroxyl groups is 1. The van der Waals surface area contributed by atoms with E-state index < -0.39 is 0 Å². The summed E-state index contributed by atoms with van der Waals surface area (Å²) < 4.78 is 0. The van der Waals surface area contributed by atoms with Crippen molar-refractivity contribution >= 4 is 17.0 Å². The molecule has 0 aliphatic heterocycles.